The Morgan fingerprint density at radius 1 is 1.40 bits per heavy atom. The Hall–Kier alpha value is -1.67. The lowest BCUT2D eigenvalue weighted by atomic mass is 10.0. The zero-order valence-electron chi connectivity index (χ0n) is 11.7. The minimum absolute atomic E-state index is 0.0827. The van der Waals surface area contributed by atoms with Gasteiger partial charge in [0.1, 0.15) is 16.3 Å². The molecule has 1 aromatic rings. The number of nitrogens with zero attached hydrogens (tertiary/aromatic N) is 2. The number of hydrogen-bond donors (Lipinski definition) is 2. The molecule has 0 unspecified atom stereocenters. The van der Waals surface area contributed by atoms with Crippen LogP contribution in [0.3, 0.4) is 0 Å². The van der Waals surface area contributed by atoms with Crippen molar-refractivity contribution in [2.45, 2.75) is 24.3 Å². The maximum absolute atomic E-state index is 12.6. The molecular formula is C12H18N4O3S. The van der Waals surface area contributed by atoms with Crippen LogP contribution in [0, 0.1) is 0 Å². The highest BCUT2D eigenvalue weighted by Crippen LogP contribution is 2.26. The maximum Gasteiger partial charge on any atom is 0.245 e. The van der Waals surface area contributed by atoms with Crippen molar-refractivity contribution in [3.63, 3.8) is 0 Å². The summed E-state index contributed by atoms with van der Waals surface area (Å²) in [4.78, 5) is 16.0. The molecule has 7 nitrogen and oxygen atoms in total. The van der Waals surface area contributed by atoms with E-state index in [9.17, 15) is 13.2 Å². The van der Waals surface area contributed by atoms with Crippen molar-refractivity contribution in [1.29, 1.82) is 0 Å². The molecule has 0 saturated carbocycles. The zero-order valence-corrected chi connectivity index (χ0v) is 12.5. The molecule has 2 N–H and O–H groups in total. The van der Waals surface area contributed by atoms with Gasteiger partial charge in [0.15, 0.2) is 0 Å². The van der Waals surface area contributed by atoms with E-state index in [1.165, 1.54) is 16.6 Å². The second kappa shape index (κ2) is 5.02. The highest BCUT2D eigenvalue weighted by Gasteiger charge is 2.44. The molecule has 110 valence electrons. The Bertz CT molecular complexity index is 610. The fourth-order valence-electron chi connectivity index (χ4n) is 2.11. The van der Waals surface area contributed by atoms with Crippen molar-refractivity contribution < 1.29 is 13.2 Å². The second-order valence-corrected chi connectivity index (χ2v) is 6.88. The second-order valence-electron chi connectivity index (χ2n) is 5.02. The standard InChI is InChI=1S/C12H18N4O3S/c1-12(2)11(17)14-6-7-16(12)20(18,19)9-4-5-10(13-3)15-8-9/h4-5,8H,6-7H2,1-3H3,(H,13,15)(H,14,17). The van der Waals surface area contributed by atoms with Crippen LogP contribution in [0.15, 0.2) is 23.2 Å². The van der Waals surface area contributed by atoms with E-state index in [-0.39, 0.29) is 17.3 Å². The first-order valence-electron chi connectivity index (χ1n) is 6.25. The third-order valence-electron chi connectivity index (χ3n) is 3.36. The van der Waals surface area contributed by atoms with E-state index in [2.05, 4.69) is 15.6 Å². The van der Waals surface area contributed by atoms with E-state index in [0.29, 0.717) is 12.4 Å². The topological polar surface area (TPSA) is 91.4 Å². The summed E-state index contributed by atoms with van der Waals surface area (Å²) < 4.78 is 26.5. The number of anilines is 1. The summed E-state index contributed by atoms with van der Waals surface area (Å²) in [6.07, 6.45) is 1.30. The molecule has 1 aliphatic rings. The molecule has 0 spiro atoms. The molecule has 0 radical (unpaired) electrons. The molecule has 2 heterocycles. The van der Waals surface area contributed by atoms with Gasteiger partial charge in [0.25, 0.3) is 0 Å². The summed E-state index contributed by atoms with van der Waals surface area (Å²) in [6.45, 7) is 3.74. The number of carbonyl (C=O) groups excluding carboxylic acids is 1. The summed E-state index contributed by atoms with van der Waals surface area (Å²) in [5.74, 6) is 0.284. The normalized spacial score (nSPS) is 19.4. The maximum atomic E-state index is 12.6. The molecule has 1 saturated heterocycles. The highest BCUT2D eigenvalue weighted by molar-refractivity contribution is 7.89. The zero-order chi connectivity index (χ0) is 15.0. The predicted octanol–water partition coefficient (Wildman–Crippen LogP) is 0.0224. The number of pyridine rings is 1. The lowest BCUT2D eigenvalue weighted by Crippen LogP contribution is -2.63. The van der Waals surface area contributed by atoms with Gasteiger partial charge in [-0.3, -0.25) is 4.79 Å². The van der Waals surface area contributed by atoms with Crippen molar-refractivity contribution in [2.24, 2.45) is 0 Å². The van der Waals surface area contributed by atoms with Gasteiger partial charge in [0.05, 0.1) is 0 Å². The third kappa shape index (κ3) is 2.36. The van der Waals surface area contributed by atoms with Gasteiger partial charge >= 0.3 is 0 Å². The van der Waals surface area contributed by atoms with Crippen molar-refractivity contribution in [3.8, 4) is 0 Å². The van der Waals surface area contributed by atoms with Crippen molar-refractivity contribution in [1.82, 2.24) is 14.6 Å². The van der Waals surface area contributed by atoms with Crippen LogP contribution in [0.25, 0.3) is 0 Å². The molecule has 0 atom stereocenters. The fourth-order valence-corrected chi connectivity index (χ4v) is 3.80. The van der Waals surface area contributed by atoms with Crippen LogP contribution in [0.2, 0.25) is 0 Å². The van der Waals surface area contributed by atoms with Crippen LogP contribution in [-0.4, -0.2) is 49.3 Å². The molecule has 1 aliphatic heterocycles. The summed E-state index contributed by atoms with van der Waals surface area (Å²) in [7, 11) is -2.04. The van der Waals surface area contributed by atoms with E-state index < -0.39 is 15.6 Å². The van der Waals surface area contributed by atoms with Gasteiger partial charge in [-0.15, -0.1) is 0 Å². The SMILES string of the molecule is CNc1ccc(S(=O)(=O)N2CCNC(=O)C2(C)C)cn1. The van der Waals surface area contributed by atoms with E-state index in [0.717, 1.165) is 0 Å². The van der Waals surface area contributed by atoms with Gasteiger partial charge in [0.2, 0.25) is 15.9 Å². The Kier molecular flexibility index (Phi) is 3.70. The molecule has 0 bridgehead atoms. The fraction of sp³-hybridized carbons (Fsp3) is 0.500. The van der Waals surface area contributed by atoms with E-state index in [1.54, 1.807) is 27.0 Å². The number of rotatable bonds is 3. The summed E-state index contributed by atoms with van der Waals surface area (Å²) in [5.41, 5.74) is -1.11. The average Bonchev–Trinajstić information content (AvgIpc) is 2.41. The first kappa shape index (κ1) is 14.7. The first-order valence-corrected chi connectivity index (χ1v) is 7.69. The molecule has 2 rings (SSSR count). The van der Waals surface area contributed by atoms with Gasteiger partial charge in [-0.25, -0.2) is 13.4 Å². The number of piperazine rings is 1. The van der Waals surface area contributed by atoms with Crippen LogP contribution in [0.1, 0.15) is 13.8 Å². The van der Waals surface area contributed by atoms with Crippen molar-refractivity contribution in [2.75, 3.05) is 25.5 Å². The Morgan fingerprint density at radius 2 is 2.10 bits per heavy atom. The molecule has 1 fully saturated rings. The van der Waals surface area contributed by atoms with Gasteiger partial charge in [-0.05, 0) is 26.0 Å². The summed E-state index contributed by atoms with van der Waals surface area (Å²) >= 11 is 0. The monoisotopic (exact) mass is 298 g/mol. The molecule has 1 amide bonds. The Balaban J connectivity index is 2.40. The van der Waals surface area contributed by atoms with Crippen LogP contribution < -0.4 is 10.6 Å². The van der Waals surface area contributed by atoms with Crippen LogP contribution in [0.5, 0.6) is 0 Å². The molecule has 8 heteroatoms. The lowest BCUT2D eigenvalue weighted by Gasteiger charge is -2.39. The molecular weight excluding hydrogens is 280 g/mol. The van der Waals surface area contributed by atoms with Gasteiger partial charge in [0, 0.05) is 26.3 Å². The lowest BCUT2D eigenvalue weighted by molar-refractivity contribution is -0.131. The Labute approximate surface area is 118 Å². The van der Waals surface area contributed by atoms with Crippen molar-refractivity contribution >= 4 is 21.7 Å². The highest BCUT2D eigenvalue weighted by atomic mass is 32.2. The van der Waals surface area contributed by atoms with Crippen LogP contribution >= 0.6 is 0 Å². The molecule has 0 aromatic carbocycles. The minimum Gasteiger partial charge on any atom is -0.373 e. The third-order valence-corrected chi connectivity index (χ3v) is 5.42. The van der Waals surface area contributed by atoms with Gasteiger partial charge < -0.3 is 10.6 Å². The molecule has 0 aliphatic carbocycles. The van der Waals surface area contributed by atoms with E-state index in [1.807, 2.05) is 0 Å². The number of sulfonamides is 1. The van der Waals surface area contributed by atoms with Gasteiger partial charge in [-0.1, -0.05) is 0 Å². The number of hydrogen-bond acceptors (Lipinski definition) is 5. The quantitative estimate of drug-likeness (QED) is 0.821. The minimum atomic E-state index is -3.75. The van der Waals surface area contributed by atoms with E-state index >= 15 is 0 Å². The number of aromatic nitrogens is 1. The first-order chi connectivity index (χ1) is 9.30. The summed E-state index contributed by atoms with van der Waals surface area (Å²) in [6, 6.07) is 3.07. The average molecular weight is 298 g/mol. The van der Waals surface area contributed by atoms with Crippen LogP contribution in [-0.2, 0) is 14.8 Å². The van der Waals surface area contributed by atoms with Crippen molar-refractivity contribution in [3.05, 3.63) is 18.3 Å². The van der Waals surface area contributed by atoms with Gasteiger partial charge in [-0.2, -0.15) is 4.31 Å². The summed E-state index contributed by atoms with van der Waals surface area (Å²) in [5, 5.41) is 5.50. The Morgan fingerprint density at radius 3 is 2.65 bits per heavy atom. The van der Waals surface area contributed by atoms with Crippen LogP contribution in [0.4, 0.5) is 5.82 Å². The largest absolute Gasteiger partial charge is 0.373 e. The number of carbonyl (C=O) groups is 1. The van der Waals surface area contributed by atoms with E-state index in [4.69, 9.17) is 0 Å². The number of nitrogens with one attached hydrogen (secondary N) is 2. The smallest absolute Gasteiger partial charge is 0.245 e. The number of amides is 1. The molecule has 1 aromatic heterocycles. The molecule has 20 heavy (non-hydrogen) atoms. The predicted molar refractivity (Wildman–Crippen MR) is 74.8 cm³/mol.